The number of nitrogens with one attached hydrogen (secondary N) is 1. The Morgan fingerprint density at radius 2 is 2.22 bits per heavy atom. The monoisotopic (exact) mass is 250 g/mol. The number of pyridine rings is 1. The maximum Gasteiger partial charge on any atom is 0.363 e. The molecule has 18 heavy (non-hydrogen) atoms. The molecule has 1 saturated heterocycles. The summed E-state index contributed by atoms with van der Waals surface area (Å²) in [7, 11) is 1.42. The third kappa shape index (κ3) is 2.12. The number of rotatable bonds is 3. The highest BCUT2D eigenvalue weighted by Gasteiger charge is 2.36. The molecule has 1 unspecified atom stereocenters. The number of hydrogen-bond acceptors (Lipinski definition) is 6. The Morgan fingerprint density at radius 3 is 2.67 bits per heavy atom. The number of nitro groups is 1. The Bertz CT molecular complexity index is 513. The van der Waals surface area contributed by atoms with E-state index in [9.17, 15) is 19.7 Å². The fraction of sp³-hybridized carbons (Fsp3) is 0.300. The van der Waals surface area contributed by atoms with Gasteiger partial charge in [0.25, 0.3) is 5.91 Å². The molecule has 1 atom stereocenters. The number of hydrogen-bond donors (Lipinski definition) is 1. The Hall–Kier alpha value is -2.51. The molecule has 94 valence electrons. The van der Waals surface area contributed by atoms with Crippen molar-refractivity contribution < 1.29 is 14.5 Å². The average Bonchev–Trinajstić information content (AvgIpc) is 2.58. The van der Waals surface area contributed by atoms with Crippen LogP contribution in [0.3, 0.4) is 0 Å². The normalized spacial score (nSPS) is 19.2. The molecule has 1 aromatic heterocycles. The van der Waals surface area contributed by atoms with Crippen LogP contribution < -0.4 is 5.32 Å². The van der Waals surface area contributed by atoms with Crippen LogP contribution in [-0.2, 0) is 9.59 Å². The number of carbonyl (C=O) groups excluding carboxylic acids is 2. The van der Waals surface area contributed by atoms with Crippen molar-refractivity contribution in [1.82, 2.24) is 9.88 Å². The summed E-state index contributed by atoms with van der Waals surface area (Å²) in [5, 5.41) is 13.2. The molecule has 8 heteroatoms. The molecular weight excluding hydrogens is 240 g/mol. The topological polar surface area (TPSA) is 105 Å². The molecule has 2 heterocycles. The first-order chi connectivity index (χ1) is 8.49. The van der Waals surface area contributed by atoms with Gasteiger partial charge in [0, 0.05) is 13.1 Å². The van der Waals surface area contributed by atoms with Crippen LogP contribution in [0, 0.1) is 10.1 Å². The zero-order valence-electron chi connectivity index (χ0n) is 9.49. The number of carbonyl (C=O) groups is 2. The molecule has 1 aliphatic heterocycles. The van der Waals surface area contributed by atoms with Crippen molar-refractivity contribution in [2.75, 3.05) is 12.4 Å². The maximum absolute atomic E-state index is 11.6. The average molecular weight is 250 g/mol. The van der Waals surface area contributed by atoms with Gasteiger partial charge < -0.3 is 15.4 Å². The largest absolute Gasteiger partial charge is 0.370 e. The number of imide groups is 1. The lowest BCUT2D eigenvalue weighted by Gasteiger charge is -2.10. The van der Waals surface area contributed by atoms with Crippen molar-refractivity contribution >= 4 is 23.3 Å². The predicted octanol–water partition coefficient (Wildman–Crippen LogP) is 0.159. The van der Waals surface area contributed by atoms with Crippen LogP contribution in [0.1, 0.15) is 6.42 Å². The van der Waals surface area contributed by atoms with Gasteiger partial charge in [-0.2, -0.15) is 0 Å². The summed E-state index contributed by atoms with van der Waals surface area (Å²) in [5.41, 5.74) is 0.460. The van der Waals surface area contributed by atoms with Gasteiger partial charge in [0.1, 0.15) is 6.04 Å². The summed E-state index contributed by atoms with van der Waals surface area (Å²) < 4.78 is 0. The number of aromatic nitrogens is 1. The molecule has 1 aliphatic rings. The van der Waals surface area contributed by atoms with E-state index in [0.29, 0.717) is 5.69 Å². The van der Waals surface area contributed by atoms with Gasteiger partial charge in [-0.1, -0.05) is 0 Å². The number of likely N-dealkylation sites (N-methyl/N-ethyl adjacent to an activating group) is 1. The molecule has 8 nitrogen and oxygen atoms in total. The van der Waals surface area contributed by atoms with E-state index < -0.39 is 11.0 Å². The first-order valence-corrected chi connectivity index (χ1v) is 5.16. The lowest BCUT2D eigenvalue weighted by molar-refractivity contribution is -0.389. The number of nitrogens with zero attached hydrogens (tertiary/aromatic N) is 3. The van der Waals surface area contributed by atoms with Crippen LogP contribution in [0.25, 0.3) is 0 Å². The van der Waals surface area contributed by atoms with Gasteiger partial charge in [0.05, 0.1) is 12.1 Å². The summed E-state index contributed by atoms with van der Waals surface area (Å²) in [6, 6.07) is 2.04. The number of anilines is 1. The van der Waals surface area contributed by atoms with Gasteiger partial charge >= 0.3 is 5.82 Å². The zero-order valence-corrected chi connectivity index (χ0v) is 9.49. The number of amides is 2. The van der Waals surface area contributed by atoms with Crippen molar-refractivity contribution in [3.8, 4) is 0 Å². The summed E-state index contributed by atoms with van der Waals surface area (Å²) in [6.07, 6.45) is 1.33. The quantitative estimate of drug-likeness (QED) is 0.465. The van der Waals surface area contributed by atoms with E-state index in [1.54, 1.807) is 0 Å². The van der Waals surface area contributed by atoms with Crippen LogP contribution in [-0.4, -0.2) is 39.7 Å². The Morgan fingerprint density at radius 1 is 1.50 bits per heavy atom. The third-order valence-corrected chi connectivity index (χ3v) is 2.66. The summed E-state index contributed by atoms with van der Waals surface area (Å²) in [4.78, 5) is 37.4. The van der Waals surface area contributed by atoms with E-state index in [1.165, 1.54) is 25.4 Å². The Labute approximate surface area is 102 Å². The molecule has 2 rings (SSSR count). The first-order valence-electron chi connectivity index (χ1n) is 5.16. The standard InChI is InChI=1S/C10H10N4O4/c1-13-9(15)4-7(10(13)16)12-6-2-3-8(11-5-6)14(17)18/h2-3,5,7,12H,4H2,1H3. The predicted molar refractivity (Wildman–Crippen MR) is 60.7 cm³/mol. The van der Waals surface area contributed by atoms with Crippen molar-refractivity contribution in [3.63, 3.8) is 0 Å². The first kappa shape index (κ1) is 12.0. The fourth-order valence-corrected chi connectivity index (χ4v) is 1.65. The van der Waals surface area contributed by atoms with Crippen molar-refractivity contribution in [2.45, 2.75) is 12.5 Å². The second kappa shape index (κ2) is 4.40. The zero-order chi connectivity index (χ0) is 13.3. The van der Waals surface area contributed by atoms with E-state index in [4.69, 9.17) is 0 Å². The molecular formula is C10H10N4O4. The molecule has 0 radical (unpaired) electrons. The van der Waals surface area contributed by atoms with E-state index in [1.807, 2.05) is 0 Å². The molecule has 0 aliphatic carbocycles. The summed E-state index contributed by atoms with van der Waals surface area (Å²) in [6.45, 7) is 0. The van der Waals surface area contributed by atoms with Crippen LogP contribution in [0.5, 0.6) is 0 Å². The minimum absolute atomic E-state index is 0.0757. The number of likely N-dealkylation sites (tertiary alicyclic amines) is 1. The minimum atomic E-state index is -0.634. The van der Waals surface area contributed by atoms with E-state index in [0.717, 1.165) is 4.90 Å². The van der Waals surface area contributed by atoms with E-state index in [-0.39, 0.29) is 24.1 Å². The molecule has 0 aromatic carbocycles. The van der Waals surface area contributed by atoms with Crippen molar-refractivity contribution in [3.05, 3.63) is 28.4 Å². The van der Waals surface area contributed by atoms with Crippen LogP contribution >= 0.6 is 0 Å². The molecule has 1 aromatic rings. The summed E-state index contributed by atoms with van der Waals surface area (Å²) >= 11 is 0. The Kier molecular flexibility index (Phi) is 2.92. The smallest absolute Gasteiger partial charge is 0.363 e. The van der Waals surface area contributed by atoms with E-state index >= 15 is 0 Å². The minimum Gasteiger partial charge on any atom is -0.370 e. The lowest BCUT2D eigenvalue weighted by atomic mass is 10.2. The van der Waals surface area contributed by atoms with Crippen LogP contribution in [0.4, 0.5) is 11.5 Å². The second-order valence-electron chi connectivity index (χ2n) is 3.85. The van der Waals surface area contributed by atoms with Gasteiger partial charge in [0.2, 0.25) is 5.91 Å². The van der Waals surface area contributed by atoms with Crippen molar-refractivity contribution in [1.29, 1.82) is 0 Å². The highest BCUT2D eigenvalue weighted by Crippen LogP contribution is 2.18. The van der Waals surface area contributed by atoms with Gasteiger partial charge in [-0.15, -0.1) is 0 Å². The Balaban J connectivity index is 2.08. The molecule has 2 amide bonds. The van der Waals surface area contributed by atoms with E-state index in [2.05, 4.69) is 10.3 Å². The fourth-order valence-electron chi connectivity index (χ4n) is 1.65. The molecule has 0 saturated carbocycles. The molecule has 0 bridgehead atoms. The second-order valence-corrected chi connectivity index (χ2v) is 3.85. The van der Waals surface area contributed by atoms with Gasteiger partial charge in [-0.05, 0) is 16.0 Å². The highest BCUT2D eigenvalue weighted by molar-refractivity contribution is 6.06. The van der Waals surface area contributed by atoms with Gasteiger partial charge in [-0.25, -0.2) is 0 Å². The highest BCUT2D eigenvalue weighted by atomic mass is 16.6. The molecule has 1 N–H and O–H groups in total. The SMILES string of the molecule is CN1C(=O)CC(Nc2ccc([N+](=O)[O-])nc2)C1=O. The lowest BCUT2D eigenvalue weighted by Crippen LogP contribution is -2.31. The molecule has 1 fully saturated rings. The van der Waals surface area contributed by atoms with Gasteiger partial charge in [0.15, 0.2) is 6.20 Å². The summed E-state index contributed by atoms with van der Waals surface area (Å²) in [5.74, 6) is -0.850. The van der Waals surface area contributed by atoms with Gasteiger partial charge in [-0.3, -0.25) is 14.5 Å². The van der Waals surface area contributed by atoms with Crippen LogP contribution in [0.2, 0.25) is 0 Å². The van der Waals surface area contributed by atoms with Crippen LogP contribution in [0.15, 0.2) is 18.3 Å². The van der Waals surface area contributed by atoms with Crippen molar-refractivity contribution in [2.24, 2.45) is 0 Å². The molecule has 0 spiro atoms. The third-order valence-electron chi connectivity index (χ3n) is 2.66. The maximum atomic E-state index is 11.6.